The van der Waals surface area contributed by atoms with Crippen LogP contribution in [0, 0.1) is 0 Å². The van der Waals surface area contributed by atoms with Gasteiger partial charge in [0, 0.05) is 6.92 Å². The predicted octanol–water partition coefficient (Wildman–Crippen LogP) is 0.725. The maximum absolute atomic E-state index is 10.4. The van der Waals surface area contributed by atoms with Crippen molar-refractivity contribution in [3.63, 3.8) is 0 Å². The number of aliphatic hydroxyl groups excluding tert-OH is 1. The van der Waals surface area contributed by atoms with Crippen LogP contribution in [0.1, 0.15) is 27.2 Å². The van der Waals surface area contributed by atoms with Crippen LogP contribution in [0.4, 0.5) is 0 Å². The first-order valence-electron chi connectivity index (χ1n) is 4.49. The van der Waals surface area contributed by atoms with E-state index in [0.717, 1.165) is 6.42 Å². The van der Waals surface area contributed by atoms with Gasteiger partial charge in [-0.2, -0.15) is 0 Å². The van der Waals surface area contributed by atoms with Crippen molar-refractivity contribution in [3.05, 3.63) is 0 Å². The summed E-state index contributed by atoms with van der Waals surface area (Å²) < 4.78 is 9.84. The summed E-state index contributed by atoms with van der Waals surface area (Å²) in [4.78, 5) is 10.4. The molecule has 4 nitrogen and oxygen atoms in total. The molecule has 0 aromatic rings. The molecule has 0 spiro atoms. The number of aliphatic hydroxyl groups is 1. The Kier molecular flexibility index (Phi) is 6.54. The van der Waals surface area contributed by atoms with Gasteiger partial charge < -0.3 is 14.6 Å². The van der Waals surface area contributed by atoms with Crippen LogP contribution in [0.25, 0.3) is 0 Å². The van der Waals surface area contributed by atoms with E-state index in [4.69, 9.17) is 4.74 Å². The van der Waals surface area contributed by atoms with Crippen molar-refractivity contribution in [1.29, 1.82) is 0 Å². The second-order valence-electron chi connectivity index (χ2n) is 3.01. The molecule has 4 heteroatoms. The van der Waals surface area contributed by atoms with E-state index in [-0.39, 0.29) is 25.3 Å². The van der Waals surface area contributed by atoms with E-state index in [2.05, 4.69) is 4.74 Å². The second kappa shape index (κ2) is 6.86. The molecule has 0 aromatic heterocycles. The first kappa shape index (κ1) is 12.4. The Morgan fingerprint density at radius 3 is 2.54 bits per heavy atom. The van der Waals surface area contributed by atoms with E-state index >= 15 is 0 Å². The topological polar surface area (TPSA) is 55.8 Å². The molecule has 0 aliphatic heterocycles. The van der Waals surface area contributed by atoms with Crippen LogP contribution in [0.2, 0.25) is 0 Å². The Morgan fingerprint density at radius 2 is 2.08 bits per heavy atom. The lowest BCUT2D eigenvalue weighted by atomic mass is 10.3. The molecule has 78 valence electrons. The Morgan fingerprint density at radius 1 is 1.46 bits per heavy atom. The maximum atomic E-state index is 10.4. The highest BCUT2D eigenvalue weighted by Gasteiger charge is 2.08. The van der Waals surface area contributed by atoms with Crippen LogP contribution >= 0.6 is 0 Å². The van der Waals surface area contributed by atoms with Crippen molar-refractivity contribution in [2.45, 2.75) is 39.4 Å². The Labute approximate surface area is 78.8 Å². The molecule has 2 atom stereocenters. The summed E-state index contributed by atoms with van der Waals surface area (Å²) in [6.45, 7) is 5.46. The van der Waals surface area contributed by atoms with E-state index in [1.807, 2.05) is 13.8 Å². The summed E-state index contributed by atoms with van der Waals surface area (Å²) in [5, 5.41) is 9.24. The van der Waals surface area contributed by atoms with E-state index < -0.39 is 6.10 Å². The zero-order valence-electron chi connectivity index (χ0n) is 8.45. The molecule has 0 fully saturated rings. The van der Waals surface area contributed by atoms with Gasteiger partial charge in [-0.3, -0.25) is 4.79 Å². The van der Waals surface area contributed by atoms with E-state index in [1.165, 1.54) is 6.92 Å². The van der Waals surface area contributed by atoms with Crippen molar-refractivity contribution in [1.82, 2.24) is 0 Å². The third-order valence-corrected chi connectivity index (χ3v) is 1.63. The molecule has 0 saturated carbocycles. The summed E-state index contributed by atoms with van der Waals surface area (Å²) >= 11 is 0. The Bertz CT molecular complexity index is 147. The lowest BCUT2D eigenvalue weighted by Crippen LogP contribution is -2.25. The van der Waals surface area contributed by atoms with Crippen LogP contribution in [-0.4, -0.2) is 36.5 Å². The SMILES string of the molecule is CCC(C)OCC(O)COC(C)=O. The third kappa shape index (κ3) is 7.74. The molecule has 1 N–H and O–H groups in total. The number of carbonyl (C=O) groups excluding carboxylic acids is 1. The first-order valence-corrected chi connectivity index (χ1v) is 4.49. The van der Waals surface area contributed by atoms with E-state index in [1.54, 1.807) is 0 Å². The predicted molar refractivity (Wildman–Crippen MR) is 48.3 cm³/mol. The number of carbonyl (C=O) groups is 1. The normalized spacial score (nSPS) is 15.1. The fourth-order valence-corrected chi connectivity index (χ4v) is 0.655. The molecular formula is C9H18O4. The summed E-state index contributed by atoms with van der Waals surface area (Å²) in [6, 6.07) is 0. The van der Waals surface area contributed by atoms with Gasteiger partial charge in [0.1, 0.15) is 12.7 Å². The minimum absolute atomic E-state index is 0.00572. The summed E-state index contributed by atoms with van der Waals surface area (Å²) in [5.74, 6) is -0.386. The highest BCUT2D eigenvalue weighted by Crippen LogP contribution is 1.97. The van der Waals surface area contributed by atoms with Crippen molar-refractivity contribution in [3.8, 4) is 0 Å². The van der Waals surface area contributed by atoms with Crippen molar-refractivity contribution in [2.75, 3.05) is 13.2 Å². The first-order chi connectivity index (χ1) is 6.06. The zero-order valence-corrected chi connectivity index (χ0v) is 8.45. The van der Waals surface area contributed by atoms with Crippen molar-refractivity contribution in [2.24, 2.45) is 0 Å². The van der Waals surface area contributed by atoms with Crippen LogP contribution in [0.15, 0.2) is 0 Å². The molecule has 0 amide bonds. The number of esters is 1. The quantitative estimate of drug-likeness (QED) is 0.627. The number of hydrogen-bond donors (Lipinski definition) is 1. The molecular weight excluding hydrogens is 172 g/mol. The highest BCUT2D eigenvalue weighted by molar-refractivity contribution is 5.65. The van der Waals surface area contributed by atoms with Crippen molar-refractivity contribution < 1.29 is 19.4 Å². The molecule has 0 heterocycles. The molecule has 0 saturated heterocycles. The van der Waals surface area contributed by atoms with Crippen molar-refractivity contribution >= 4 is 5.97 Å². The fraction of sp³-hybridized carbons (Fsp3) is 0.889. The molecule has 0 rings (SSSR count). The van der Waals surface area contributed by atoms with Gasteiger partial charge in [0.15, 0.2) is 0 Å². The summed E-state index contributed by atoms with van der Waals surface area (Å²) in [6.07, 6.45) is 0.310. The zero-order chi connectivity index (χ0) is 10.3. The van der Waals surface area contributed by atoms with Gasteiger partial charge in [0.25, 0.3) is 0 Å². The van der Waals surface area contributed by atoms with Gasteiger partial charge in [-0.1, -0.05) is 6.92 Å². The smallest absolute Gasteiger partial charge is 0.302 e. The average molecular weight is 190 g/mol. The van der Waals surface area contributed by atoms with Gasteiger partial charge in [-0.25, -0.2) is 0 Å². The van der Waals surface area contributed by atoms with Crippen LogP contribution in [0.3, 0.4) is 0 Å². The molecule has 13 heavy (non-hydrogen) atoms. The number of hydrogen-bond acceptors (Lipinski definition) is 4. The van der Waals surface area contributed by atoms with Gasteiger partial charge in [0.05, 0.1) is 12.7 Å². The fourth-order valence-electron chi connectivity index (χ4n) is 0.655. The lowest BCUT2D eigenvalue weighted by molar-refractivity contribution is -0.145. The maximum Gasteiger partial charge on any atom is 0.302 e. The second-order valence-corrected chi connectivity index (χ2v) is 3.01. The van der Waals surface area contributed by atoms with Gasteiger partial charge in [-0.05, 0) is 13.3 Å². The lowest BCUT2D eigenvalue weighted by Gasteiger charge is -2.14. The monoisotopic (exact) mass is 190 g/mol. The third-order valence-electron chi connectivity index (χ3n) is 1.63. The Hall–Kier alpha value is -0.610. The number of rotatable bonds is 6. The molecule has 0 bridgehead atoms. The minimum Gasteiger partial charge on any atom is -0.463 e. The molecule has 0 aliphatic carbocycles. The van der Waals surface area contributed by atoms with Crippen LogP contribution < -0.4 is 0 Å². The molecule has 2 unspecified atom stereocenters. The molecule has 0 radical (unpaired) electrons. The standard InChI is InChI=1S/C9H18O4/c1-4-7(2)12-5-9(11)6-13-8(3)10/h7,9,11H,4-6H2,1-3H3. The summed E-state index contributed by atoms with van der Waals surface area (Å²) in [5.41, 5.74) is 0. The molecule has 0 aromatic carbocycles. The summed E-state index contributed by atoms with van der Waals surface area (Å²) in [7, 11) is 0. The highest BCUT2D eigenvalue weighted by atomic mass is 16.5. The Balaban J connectivity index is 3.39. The van der Waals surface area contributed by atoms with E-state index in [0.29, 0.717) is 0 Å². The van der Waals surface area contributed by atoms with Gasteiger partial charge >= 0.3 is 5.97 Å². The van der Waals surface area contributed by atoms with E-state index in [9.17, 15) is 9.90 Å². The number of ether oxygens (including phenoxy) is 2. The average Bonchev–Trinajstić information content (AvgIpc) is 2.10. The minimum atomic E-state index is -0.724. The van der Waals surface area contributed by atoms with Crippen LogP contribution in [0.5, 0.6) is 0 Å². The largest absolute Gasteiger partial charge is 0.463 e. The molecule has 0 aliphatic rings. The van der Waals surface area contributed by atoms with Gasteiger partial charge in [-0.15, -0.1) is 0 Å². The van der Waals surface area contributed by atoms with Gasteiger partial charge in [0.2, 0.25) is 0 Å². The van der Waals surface area contributed by atoms with Crippen LogP contribution in [-0.2, 0) is 14.3 Å².